The molecule has 1 saturated carbocycles. The maximum atomic E-state index is 12.5. The summed E-state index contributed by atoms with van der Waals surface area (Å²) in [6.07, 6.45) is 3.55. The van der Waals surface area contributed by atoms with Gasteiger partial charge in [-0.15, -0.1) is 0 Å². The van der Waals surface area contributed by atoms with E-state index in [-0.39, 0.29) is 12.0 Å². The number of aromatic nitrogens is 1. The molecule has 0 radical (unpaired) electrons. The van der Waals surface area contributed by atoms with Crippen molar-refractivity contribution >= 4 is 16.8 Å². The maximum absolute atomic E-state index is 12.5. The summed E-state index contributed by atoms with van der Waals surface area (Å²) in [6, 6.07) is 7.88. The molecule has 1 fully saturated rings. The SMILES string of the molecule is Cc1[nH]c2ccccc2c1C(=O)NCC1CCC(O)CC1. The van der Waals surface area contributed by atoms with Crippen LogP contribution in [0.3, 0.4) is 0 Å². The van der Waals surface area contributed by atoms with E-state index in [0.717, 1.165) is 47.8 Å². The van der Waals surface area contributed by atoms with Crippen LogP contribution in [0, 0.1) is 12.8 Å². The van der Waals surface area contributed by atoms with Crippen molar-refractivity contribution in [3.8, 4) is 0 Å². The number of nitrogens with one attached hydrogen (secondary N) is 2. The summed E-state index contributed by atoms with van der Waals surface area (Å²) in [5, 5.41) is 13.6. The summed E-state index contributed by atoms with van der Waals surface area (Å²) in [5.41, 5.74) is 2.66. The van der Waals surface area contributed by atoms with Crippen molar-refractivity contribution in [1.29, 1.82) is 0 Å². The number of rotatable bonds is 3. The third-order valence-corrected chi connectivity index (χ3v) is 4.49. The van der Waals surface area contributed by atoms with Crippen LogP contribution < -0.4 is 5.32 Å². The highest BCUT2D eigenvalue weighted by atomic mass is 16.3. The Bertz CT molecular complexity index is 639. The molecule has 0 bridgehead atoms. The quantitative estimate of drug-likeness (QED) is 0.812. The van der Waals surface area contributed by atoms with E-state index in [1.807, 2.05) is 31.2 Å². The van der Waals surface area contributed by atoms with Gasteiger partial charge in [-0.25, -0.2) is 0 Å². The number of benzene rings is 1. The zero-order valence-electron chi connectivity index (χ0n) is 12.4. The number of aryl methyl sites for hydroxylation is 1. The smallest absolute Gasteiger partial charge is 0.253 e. The number of carbonyl (C=O) groups is 1. The molecular formula is C17H22N2O2. The van der Waals surface area contributed by atoms with Crippen molar-refractivity contribution in [2.45, 2.75) is 38.7 Å². The Hall–Kier alpha value is -1.81. The lowest BCUT2D eigenvalue weighted by atomic mass is 9.87. The summed E-state index contributed by atoms with van der Waals surface area (Å²) < 4.78 is 0. The molecule has 0 spiro atoms. The van der Waals surface area contributed by atoms with Gasteiger partial charge in [-0.2, -0.15) is 0 Å². The molecule has 1 heterocycles. The number of carbonyl (C=O) groups excluding carboxylic acids is 1. The van der Waals surface area contributed by atoms with Crippen molar-refractivity contribution in [3.05, 3.63) is 35.5 Å². The molecule has 21 heavy (non-hydrogen) atoms. The number of amides is 1. The van der Waals surface area contributed by atoms with Crippen molar-refractivity contribution < 1.29 is 9.90 Å². The third-order valence-electron chi connectivity index (χ3n) is 4.49. The van der Waals surface area contributed by atoms with Crippen LogP contribution in [0.5, 0.6) is 0 Å². The van der Waals surface area contributed by atoms with Gasteiger partial charge in [0.25, 0.3) is 5.91 Å². The van der Waals surface area contributed by atoms with Crippen LogP contribution in [0.2, 0.25) is 0 Å². The number of hydrogen-bond acceptors (Lipinski definition) is 2. The molecule has 1 aliphatic carbocycles. The van der Waals surface area contributed by atoms with E-state index in [4.69, 9.17) is 0 Å². The lowest BCUT2D eigenvalue weighted by molar-refractivity contribution is 0.0911. The van der Waals surface area contributed by atoms with Crippen LogP contribution in [-0.2, 0) is 0 Å². The fourth-order valence-corrected chi connectivity index (χ4v) is 3.24. The van der Waals surface area contributed by atoms with Gasteiger partial charge in [0.05, 0.1) is 11.7 Å². The van der Waals surface area contributed by atoms with Crippen molar-refractivity contribution in [1.82, 2.24) is 10.3 Å². The first-order valence-electron chi connectivity index (χ1n) is 7.68. The van der Waals surface area contributed by atoms with Crippen LogP contribution in [0.4, 0.5) is 0 Å². The molecule has 3 rings (SSSR count). The van der Waals surface area contributed by atoms with Gasteiger partial charge < -0.3 is 15.4 Å². The second-order valence-corrected chi connectivity index (χ2v) is 6.06. The van der Waals surface area contributed by atoms with Crippen LogP contribution in [-0.4, -0.2) is 28.6 Å². The van der Waals surface area contributed by atoms with Gasteiger partial charge in [-0.05, 0) is 44.6 Å². The number of aliphatic hydroxyl groups is 1. The predicted octanol–water partition coefficient (Wildman–Crippen LogP) is 2.76. The van der Waals surface area contributed by atoms with Crippen LogP contribution in [0.25, 0.3) is 10.9 Å². The van der Waals surface area contributed by atoms with Crippen molar-refractivity contribution in [2.75, 3.05) is 6.54 Å². The number of aromatic amines is 1. The Morgan fingerprint density at radius 2 is 2.00 bits per heavy atom. The van der Waals surface area contributed by atoms with Crippen LogP contribution in [0.15, 0.2) is 24.3 Å². The summed E-state index contributed by atoms with van der Waals surface area (Å²) in [7, 11) is 0. The number of fused-ring (bicyclic) bond motifs is 1. The Balaban J connectivity index is 1.68. The molecule has 1 aliphatic rings. The topological polar surface area (TPSA) is 65.1 Å². The largest absolute Gasteiger partial charge is 0.393 e. The van der Waals surface area contributed by atoms with Gasteiger partial charge in [-0.1, -0.05) is 18.2 Å². The Labute approximate surface area is 124 Å². The molecule has 112 valence electrons. The average molecular weight is 286 g/mol. The van der Waals surface area contributed by atoms with Gasteiger partial charge in [0.1, 0.15) is 0 Å². The first-order valence-corrected chi connectivity index (χ1v) is 7.68. The minimum absolute atomic E-state index is 0.00364. The molecule has 2 aromatic rings. The average Bonchev–Trinajstić information content (AvgIpc) is 2.82. The van der Waals surface area contributed by atoms with E-state index in [0.29, 0.717) is 12.5 Å². The Morgan fingerprint density at radius 1 is 1.29 bits per heavy atom. The first-order chi connectivity index (χ1) is 10.1. The molecule has 0 atom stereocenters. The third kappa shape index (κ3) is 2.95. The summed E-state index contributed by atoms with van der Waals surface area (Å²) in [6.45, 7) is 2.64. The van der Waals surface area contributed by atoms with E-state index in [9.17, 15) is 9.90 Å². The predicted molar refractivity (Wildman–Crippen MR) is 83.3 cm³/mol. The number of aliphatic hydroxyl groups excluding tert-OH is 1. The lowest BCUT2D eigenvalue weighted by Crippen LogP contribution is -2.32. The number of H-pyrrole nitrogens is 1. The summed E-state index contributed by atoms with van der Waals surface area (Å²) in [4.78, 5) is 15.7. The number of hydrogen-bond donors (Lipinski definition) is 3. The van der Waals surface area contributed by atoms with Gasteiger partial charge in [0, 0.05) is 23.1 Å². The second kappa shape index (κ2) is 5.90. The fourth-order valence-electron chi connectivity index (χ4n) is 3.24. The minimum atomic E-state index is -0.146. The normalized spacial score (nSPS) is 22.4. The highest BCUT2D eigenvalue weighted by Gasteiger charge is 2.21. The maximum Gasteiger partial charge on any atom is 0.253 e. The zero-order valence-corrected chi connectivity index (χ0v) is 12.4. The van der Waals surface area contributed by atoms with Gasteiger partial charge >= 0.3 is 0 Å². The lowest BCUT2D eigenvalue weighted by Gasteiger charge is -2.25. The van der Waals surface area contributed by atoms with Crippen molar-refractivity contribution in [3.63, 3.8) is 0 Å². The van der Waals surface area contributed by atoms with Crippen LogP contribution >= 0.6 is 0 Å². The second-order valence-electron chi connectivity index (χ2n) is 6.06. The first kappa shape index (κ1) is 14.1. The monoisotopic (exact) mass is 286 g/mol. The van der Waals surface area contributed by atoms with Crippen LogP contribution in [0.1, 0.15) is 41.7 Å². The molecule has 4 heteroatoms. The fraction of sp³-hybridized carbons (Fsp3) is 0.471. The van der Waals surface area contributed by atoms with Gasteiger partial charge in [-0.3, -0.25) is 4.79 Å². The zero-order chi connectivity index (χ0) is 14.8. The Morgan fingerprint density at radius 3 is 2.76 bits per heavy atom. The molecular weight excluding hydrogens is 264 g/mol. The highest BCUT2D eigenvalue weighted by molar-refractivity contribution is 6.08. The molecule has 0 saturated heterocycles. The molecule has 1 amide bonds. The molecule has 0 aliphatic heterocycles. The van der Waals surface area contributed by atoms with E-state index < -0.39 is 0 Å². The molecule has 3 N–H and O–H groups in total. The van der Waals surface area contributed by atoms with Gasteiger partial charge in [0.15, 0.2) is 0 Å². The minimum Gasteiger partial charge on any atom is -0.393 e. The Kier molecular flexibility index (Phi) is 3.97. The number of para-hydroxylation sites is 1. The van der Waals surface area contributed by atoms with E-state index >= 15 is 0 Å². The van der Waals surface area contributed by atoms with Crippen molar-refractivity contribution in [2.24, 2.45) is 5.92 Å². The summed E-state index contributed by atoms with van der Waals surface area (Å²) in [5.74, 6) is 0.485. The van der Waals surface area contributed by atoms with E-state index in [1.165, 1.54) is 0 Å². The van der Waals surface area contributed by atoms with Gasteiger partial charge in [0.2, 0.25) is 0 Å². The van der Waals surface area contributed by atoms with E-state index in [2.05, 4.69) is 10.3 Å². The highest BCUT2D eigenvalue weighted by Crippen LogP contribution is 2.24. The summed E-state index contributed by atoms with van der Waals surface area (Å²) >= 11 is 0. The van der Waals surface area contributed by atoms with E-state index in [1.54, 1.807) is 0 Å². The molecule has 0 unspecified atom stereocenters. The standard InChI is InChI=1S/C17H22N2O2/c1-11-16(14-4-2-3-5-15(14)19-11)17(21)18-10-12-6-8-13(20)9-7-12/h2-5,12-13,19-20H,6-10H2,1H3,(H,18,21). The molecule has 1 aromatic carbocycles. The molecule has 1 aromatic heterocycles. The molecule has 4 nitrogen and oxygen atoms in total.